The number of hydrogen-bond acceptors (Lipinski definition) is 4. The Balaban J connectivity index is 2.43. The van der Waals surface area contributed by atoms with Crippen LogP contribution in [0.2, 0.25) is 0 Å². The predicted octanol–water partition coefficient (Wildman–Crippen LogP) is 2.02. The van der Waals surface area contributed by atoms with E-state index in [1.54, 1.807) is 24.3 Å². The first-order valence-electron chi connectivity index (χ1n) is 6.44. The van der Waals surface area contributed by atoms with Crippen molar-refractivity contribution in [2.24, 2.45) is 0 Å². The number of carboxylic acids is 1. The highest BCUT2D eigenvalue weighted by molar-refractivity contribution is 7.99. The van der Waals surface area contributed by atoms with E-state index in [9.17, 15) is 9.59 Å². The van der Waals surface area contributed by atoms with Gasteiger partial charge in [-0.25, -0.2) is 4.79 Å². The minimum Gasteiger partial charge on any atom is -0.482 e. The zero-order chi connectivity index (χ0) is 14.8. The zero-order valence-corrected chi connectivity index (χ0v) is 12.2. The highest BCUT2D eigenvalue weighted by atomic mass is 32.2. The number of nitrogens with one attached hydrogen (secondary N) is 1. The van der Waals surface area contributed by atoms with Crippen molar-refractivity contribution in [1.29, 1.82) is 0 Å². The van der Waals surface area contributed by atoms with Gasteiger partial charge in [0.15, 0.2) is 6.61 Å². The number of rotatable bonds is 9. The van der Waals surface area contributed by atoms with E-state index in [0.29, 0.717) is 17.9 Å². The average Bonchev–Trinajstić information content (AvgIpc) is 2.45. The molecule has 0 bridgehead atoms. The Morgan fingerprint density at radius 3 is 2.90 bits per heavy atom. The fourth-order valence-electron chi connectivity index (χ4n) is 1.49. The summed E-state index contributed by atoms with van der Waals surface area (Å²) in [5, 5.41) is 11.4. The van der Waals surface area contributed by atoms with Gasteiger partial charge in [0.2, 0.25) is 0 Å². The average molecular weight is 297 g/mol. The molecule has 0 spiro atoms. The van der Waals surface area contributed by atoms with E-state index in [0.717, 1.165) is 17.9 Å². The van der Waals surface area contributed by atoms with Crippen LogP contribution < -0.4 is 10.1 Å². The number of amides is 1. The molecule has 5 nitrogen and oxygen atoms in total. The Kier molecular flexibility index (Phi) is 7.57. The van der Waals surface area contributed by atoms with Crippen LogP contribution in [0.3, 0.4) is 0 Å². The summed E-state index contributed by atoms with van der Waals surface area (Å²) in [4.78, 5) is 22.3. The highest BCUT2D eigenvalue weighted by Crippen LogP contribution is 2.13. The number of aliphatic carboxylic acids is 1. The van der Waals surface area contributed by atoms with Crippen molar-refractivity contribution in [2.45, 2.75) is 13.3 Å². The third-order valence-electron chi connectivity index (χ3n) is 2.41. The number of carbonyl (C=O) groups is 2. The zero-order valence-electron chi connectivity index (χ0n) is 11.4. The summed E-state index contributed by atoms with van der Waals surface area (Å²) in [5.74, 6) is 1.26. The molecule has 0 saturated heterocycles. The van der Waals surface area contributed by atoms with Crippen molar-refractivity contribution in [2.75, 3.05) is 24.7 Å². The second kappa shape index (κ2) is 9.25. The van der Waals surface area contributed by atoms with Crippen molar-refractivity contribution in [3.63, 3.8) is 0 Å². The lowest BCUT2D eigenvalue weighted by molar-refractivity contribution is -0.139. The van der Waals surface area contributed by atoms with Crippen LogP contribution in [0.25, 0.3) is 0 Å². The second-order valence-electron chi connectivity index (χ2n) is 4.02. The van der Waals surface area contributed by atoms with Gasteiger partial charge < -0.3 is 15.2 Å². The molecule has 0 unspecified atom stereocenters. The van der Waals surface area contributed by atoms with Gasteiger partial charge in [-0.1, -0.05) is 13.0 Å². The summed E-state index contributed by atoms with van der Waals surface area (Å²) in [5.41, 5.74) is 0.469. The fourth-order valence-corrected chi connectivity index (χ4v) is 2.13. The van der Waals surface area contributed by atoms with Gasteiger partial charge in [0, 0.05) is 12.1 Å². The lowest BCUT2D eigenvalue weighted by Crippen LogP contribution is -2.24. The maximum atomic E-state index is 11.9. The maximum absolute atomic E-state index is 11.9. The first kappa shape index (κ1) is 16.4. The molecule has 0 heterocycles. The number of hydrogen-bond donors (Lipinski definition) is 2. The molecule has 0 aliphatic carbocycles. The molecule has 110 valence electrons. The maximum Gasteiger partial charge on any atom is 0.341 e. The largest absolute Gasteiger partial charge is 0.482 e. The normalized spacial score (nSPS) is 10.1. The van der Waals surface area contributed by atoms with Crippen LogP contribution in [0, 0.1) is 0 Å². The number of ether oxygens (including phenoxy) is 1. The molecule has 1 amide bonds. The third-order valence-corrected chi connectivity index (χ3v) is 3.40. The van der Waals surface area contributed by atoms with Crippen LogP contribution in [0.1, 0.15) is 23.7 Å². The van der Waals surface area contributed by atoms with Crippen molar-refractivity contribution < 1.29 is 19.4 Å². The predicted molar refractivity (Wildman–Crippen MR) is 79.5 cm³/mol. The lowest BCUT2D eigenvalue weighted by atomic mass is 10.2. The molecule has 0 saturated carbocycles. The highest BCUT2D eigenvalue weighted by Gasteiger charge is 2.07. The third kappa shape index (κ3) is 6.47. The SMILES string of the molecule is CCSCCCNC(=O)c1cccc(OCC(=O)O)c1. The summed E-state index contributed by atoms with van der Waals surface area (Å²) >= 11 is 1.84. The number of carboxylic acid groups (broad SMARTS) is 1. The molecular weight excluding hydrogens is 278 g/mol. The minimum absolute atomic E-state index is 0.174. The van der Waals surface area contributed by atoms with Crippen LogP contribution in [0.4, 0.5) is 0 Å². The van der Waals surface area contributed by atoms with Crippen molar-refractivity contribution in [3.8, 4) is 5.75 Å². The molecule has 1 aromatic carbocycles. The van der Waals surface area contributed by atoms with Gasteiger partial charge in [-0.3, -0.25) is 4.79 Å². The van der Waals surface area contributed by atoms with E-state index in [1.807, 2.05) is 11.8 Å². The van der Waals surface area contributed by atoms with E-state index in [1.165, 1.54) is 0 Å². The Bertz CT molecular complexity index is 451. The van der Waals surface area contributed by atoms with E-state index in [4.69, 9.17) is 9.84 Å². The van der Waals surface area contributed by atoms with E-state index >= 15 is 0 Å². The van der Waals surface area contributed by atoms with Gasteiger partial charge >= 0.3 is 5.97 Å². The molecule has 0 radical (unpaired) electrons. The Hall–Kier alpha value is -1.69. The molecule has 0 aliphatic heterocycles. The molecule has 1 rings (SSSR count). The van der Waals surface area contributed by atoms with E-state index in [2.05, 4.69) is 12.2 Å². The standard InChI is InChI=1S/C14H19NO4S/c1-2-20-8-4-7-15-14(18)11-5-3-6-12(9-11)19-10-13(16)17/h3,5-6,9H,2,4,7-8,10H2,1H3,(H,15,18)(H,16,17). The lowest BCUT2D eigenvalue weighted by Gasteiger charge is -2.07. The van der Waals surface area contributed by atoms with Gasteiger partial charge in [0.05, 0.1) is 0 Å². The molecule has 20 heavy (non-hydrogen) atoms. The van der Waals surface area contributed by atoms with E-state index < -0.39 is 12.6 Å². The van der Waals surface area contributed by atoms with Crippen molar-refractivity contribution in [1.82, 2.24) is 5.32 Å². The van der Waals surface area contributed by atoms with Crippen LogP contribution in [0.15, 0.2) is 24.3 Å². The summed E-state index contributed by atoms with van der Waals surface area (Å²) < 4.78 is 5.03. The fraction of sp³-hybridized carbons (Fsp3) is 0.429. The van der Waals surface area contributed by atoms with Crippen LogP contribution >= 0.6 is 11.8 Å². The monoisotopic (exact) mass is 297 g/mol. The first-order chi connectivity index (χ1) is 9.63. The van der Waals surface area contributed by atoms with Crippen LogP contribution in [-0.4, -0.2) is 41.6 Å². The molecule has 0 aromatic heterocycles. The number of carbonyl (C=O) groups excluding carboxylic acids is 1. The summed E-state index contributed by atoms with van der Waals surface area (Å²) in [6, 6.07) is 6.50. The smallest absolute Gasteiger partial charge is 0.341 e. The molecule has 0 atom stereocenters. The Labute approximate surface area is 122 Å². The van der Waals surface area contributed by atoms with Gasteiger partial charge in [0.1, 0.15) is 5.75 Å². The molecule has 6 heteroatoms. The molecule has 0 fully saturated rings. The molecule has 2 N–H and O–H groups in total. The van der Waals surface area contributed by atoms with Gasteiger partial charge in [-0.2, -0.15) is 11.8 Å². The number of benzene rings is 1. The van der Waals surface area contributed by atoms with Crippen LogP contribution in [-0.2, 0) is 4.79 Å². The molecule has 1 aromatic rings. The van der Waals surface area contributed by atoms with Crippen molar-refractivity contribution in [3.05, 3.63) is 29.8 Å². The van der Waals surface area contributed by atoms with Gasteiger partial charge in [-0.05, 0) is 36.1 Å². The second-order valence-corrected chi connectivity index (χ2v) is 5.41. The Morgan fingerprint density at radius 2 is 2.20 bits per heavy atom. The van der Waals surface area contributed by atoms with Gasteiger partial charge in [0.25, 0.3) is 5.91 Å². The molecular formula is C14H19NO4S. The quantitative estimate of drug-likeness (QED) is 0.682. The van der Waals surface area contributed by atoms with Gasteiger partial charge in [-0.15, -0.1) is 0 Å². The van der Waals surface area contributed by atoms with Crippen LogP contribution in [0.5, 0.6) is 5.75 Å². The Morgan fingerprint density at radius 1 is 1.40 bits per heavy atom. The first-order valence-corrected chi connectivity index (χ1v) is 7.59. The summed E-state index contributed by atoms with van der Waals surface area (Å²) in [7, 11) is 0. The van der Waals surface area contributed by atoms with E-state index in [-0.39, 0.29) is 5.91 Å². The number of thioether (sulfide) groups is 1. The summed E-state index contributed by atoms with van der Waals surface area (Å²) in [6.45, 7) is 2.32. The summed E-state index contributed by atoms with van der Waals surface area (Å²) in [6.07, 6.45) is 0.930. The minimum atomic E-state index is -1.05. The topological polar surface area (TPSA) is 75.6 Å². The molecule has 0 aliphatic rings. The van der Waals surface area contributed by atoms with Crippen molar-refractivity contribution >= 4 is 23.6 Å².